The fourth-order valence-electron chi connectivity index (χ4n) is 0.925. The lowest BCUT2D eigenvalue weighted by atomic mass is 9.90. The van der Waals surface area contributed by atoms with E-state index in [2.05, 4.69) is 15.4 Å². The van der Waals surface area contributed by atoms with Crippen LogP contribution in [0.4, 0.5) is 0 Å². The van der Waals surface area contributed by atoms with Crippen LogP contribution in [0.2, 0.25) is 0 Å². The zero-order valence-corrected chi connectivity index (χ0v) is 10.2. The molecule has 1 rings (SSSR count). The molecule has 0 spiro atoms. The van der Waals surface area contributed by atoms with Gasteiger partial charge in [0.25, 0.3) is 0 Å². The average Bonchev–Trinajstić information content (AvgIpc) is 2.47. The molecule has 0 aromatic carbocycles. The Labute approximate surface area is 89.9 Å². The summed E-state index contributed by atoms with van der Waals surface area (Å²) in [7, 11) is 0. The molecule has 0 amide bonds. The minimum Gasteiger partial charge on any atom is -0.290 e. The van der Waals surface area contributed by atoms with Gasteiger partial charge in [0.2, 0.25) is 11.6 Å². The molecular weight excluding hydrogens is 192 g/mol. The van der Waals surface area contributed by atoms with Crippen molar-refractivity contribution in [3.8, 4) is 0 Å². The molecule has 5 heteroatoms. The third-order valence-corrected chi connectivity index (χ3v) is 1.90. The molecule has 5 nitrogen and oxygen atoms in total. The maximum atomic E-state index is 11.8. The number of hydrogen-bond donors (Lipinski definition) is 0. The first kappa shape index (κ1) is 11.8. The highest BCUT2D eigenvalue weighted by Gasteiger charge is 2.28. The van der Waals surface area contributed by atoms with E-state index in [0.29, 0.717) is 0 Å². The summed E-state index contributed by atoms with van der Waals surface area (Å²) in [6.07, 6.45) is 0. The fourth-order valence-corrected chi connectivity index (χ4v) is 0.925. The third-order valence-electron chi connectivity index (χ3n) is 1.90. The van der Waals surface area contributed by atoms with Gasteiger partial charge in [-0.25, -0.2) is 0 Å². The number of ketones is 1. The van der Waals surface area contributed by atoms with E-state index in [4.69, 9.17) is 0 Å². The van der Waals surface area contributed by atoms with E-state index in [9.17, 15) is 4.79 Å². The topological polar surface area (TPSA) is 60.7 Å². The number of tetrazole rings is 1. The van der Waals surface area contributed by atoms with Gasteiger partial charge in [0.05, 0.1) is 5.54 Å². The van der Waals surface area contributed by atoms with Crippen LogP contribution in [0.25, 0.3) is 0 Å². The second kappa shape index (κ2) is 3.40. The van der Waals surface area contributed by atoms with Gasteiger partial charge in [-0.1, -0.05) is 20.8 Å². The van der Waals surface area contributed by atoms with Crippen LogP contribution in [-0.4, -0.2) is 26.0 Å². The van der Waals surface area contributed by atoms with Gasteiger partial charge in [-0.3, -0.25) is 4.79 Å². The highest BCUT2D eigenvalue weighted by atomic mass is 16.1. The summed E-state index contributed by atoms with van der Waals surface area (Å²) in [5.41, 5.74) is -0.713. The van der Waals surface area contributed by atoms with Crippen LogP contribution in [0.5, 0.6) is 0 Å². The summed E-state index contributed by atoms with van der Waals surface area (Å²) in [6, 6.07) is 0. The molecule has 0 saturated carbocycles. The SMILES string of the molecule is CC(C)(C)C(=O)c1nnn(C(C)(C)C)n1. The molecule has 0 saturated heterocycles. The number of carbonyl (C=O) groups is 1. The molecule has 15 heavy (non-hydrogen) atoms. The van der Waals surface area contributed by atoms with Gasteiger partial charge in [-0.15, -0.1) is 10.2 Å². The normalized spacial score (nSPS) is 12.9. The predicted molar refractivity (Wildman–Crippen MR) is 56.6 cm³/mol. The van der Waals surface area contributed by atoms with Gasteiger partial charge < -0.3 is 0 Å². The Morgan fingerprint density at radius 3 is 2.00 bits per heavy atom. The van der Waals surface area contributed by atoms with E-state index < -0.39 is 5.41 Å². The van der Waals surface area contributed by atoms with Crippen molar-refractivity contribution >= 4 is 5.78 Å². The zero-order valence-electron chi connectivity index (χ0n) is 10.2. The summed E-state index contributed by atoms with van der Waals surface area (Å²) < 4.78 is 0. The van der Waals surface area contributed by atoms with Gasteiger partial charge >= 0.3 is 0 Å². The van der Waals surface area contributed by atoms with Gasteiger partial charge in [-0.2, -0.15) is 4.80 Å². The largest absolute Gasteiger partial charge is 0.290 e. The van der Waals surface area contributed by atoms with E-state index in [1.54, 1.807) is 0 Å². The van der Waals surface area contributed by atoms with E-state index in [-0.39, 0.29) is 17.1 Å². The molecule has 0 unspecified atom stereocenters. The Morgan fingerprint density at radius 2 is 1.67 bits per heavy atom. The van der Waals surface area contributed by atoms with Crippen LogP contribution >= 0.6 is 0 Å². The van der Waals surface area contributed by atoms with Crippen molar-refractivity contribution in [1.29, 1.82) is 0 Å². The predicted octanol–water partition coefficient (Wildman–Crippen LogP) is 1.66. The molecule has 1 aromatic rings. The van der Waals surface area contributed by atoms with E-state index in [1.807, 2.05) is 41.5 Å². The quantitative estimate of drug-likeness (QED) is 0.661. The minimum atomic E-state index is -0.467. The van der Waals surface area contributed by atoms with Crippen molar-refractivity contribution in [2.45, 2.75) is 47.1 Å². The first-order chi connectivity index (χ1) is 6.62. The maximum Gasteiger partial charge on any atom is 0.241 e. The van der Waals surface area contributed by atoms with Crippen molar-refractivity contribution in [3.05, 3.63) is 5.82 Å². The Bertz CT molecular complexity index is 368. The van der Waals surface area contributed by atoms with Gasteiger partial charge in [0, 0.05) is 5.41 Å². The summed E-state index contributed by atoms with van der Waals surface area (Å²) in [4.78, 5) is 13.3. The number of Topliss-reactive ketones (excluding diaryl/α,β-unsaturated/α-hetero) is 1. The third kappa shape index (κ3) is 2.61. The van der Waals surface area contributed by atoms with Crippen LogP contribution < -0.4 is 0 Å². The highest BCUT2D eigenvalue weighted by molar-refractivity contribution is 5.96. The Balaban J connectivity index is 3.01. The molecule has 0 aliphatic rings. The molecule has 0 atom stereocenters. The maximum absolute atomic E-state index is 11.8. The minimum absolute atomic E-state index is 0.0852. The molecule has 84 valence electrons. The number of hydrogen-bond acceptors (Lipinski definition) is 4. The molecule has 0 radical (unpaired) electrons. The molecule has 0 bridgehead atoms. The number of nitrogens with zero attached hydrogens (tertiary/aromatic N) is 4. The summed E-state index contributed by atoms with van der Waals surface area (Å²) in [5.74, 6) is 0.107. The Hall–Kier alpha value is -1.26. The van der Waals surface area contributed by atoms with Crippen molar-refractivity contribution in [1.82, 2.24) is 20.2 Å². The second-order valence-electron chi connectivity index (χ2n) is 5.65. The van der Waals surface area contributed by atoms with Crippen LogP contribution in [0.1, 0.15) is 52.2 Å². The van der Waals surface area contributed by atoms with E-state index in [1.165, 1.54) is 4.80 Å². The van der Waals surface area contributed by atoms with Crippen molar-refractivity contribution in [2.75, 3.05) is 0 Å². The van der Waals surface area contributed by atoms with Gasteiger partial charge in [0.1, 0.15) is 0 Å². The van der Waals surface area contributed by atoms with Crippen LogP contribution in [0, 0.1) is 5.41 Å². The summed E-state index contributed by atoms with van der Waals surface area (Å²) in [6.45, 7) is 11.4. The lowest BCUT2D eigenvalue weighted by Crippen LogP contribution is -2.26. The lowest BCUT2D eigenvalue weighted by Gasteiger charge is -2.16. The Kier molecular flexibility index (Phi) is 2.67. The van der Waals surface area contributed by atoms with E-state index >= 15 is 0 Å². The van der Waals surface area contributed by atoms with Crippen molar-refractivity contribution < 1.29 is 4.79 Å². The average molecular weight is 210 g/mol. The Morgan fingerprint density at radius 1 is 1.13 bits per heavy atom. The first-order valence-electron chi connectivity index (χ1n) is 4.97. The van der Waals surface area contributed by atoms with Crippen LogP contribution in [0.15, 0.2) is 0 Å². The molecule has 0 N–H and O–H groups in total. The lowest BCUT2D eigenvalue weighted by molar-refractivity contribution is 0.0846. The van der Waals surface area contributed by atoms with Crippen molar-refractivity contribution in [3.63, 3.8) is 0 Å². The molecule has 0 aliphatic carbocycles. The standard InChI is InChI=1S/C10H18N4O/c1-9(2,3)7(15)8-11-13-14(12-8)10(4,5)6/h1-6H3. The van der Waals surface area contributed by atoms with Gasteiger partial charge in [-0.05, 0) is 26.0 Å². The molecule has 0 aliphatic heterocycles. The fraction of sp³-hybridized carbons (Fsp3) is 0.800. The summed E-state index contributed by atoms with van der Waals surface area (Å²) in [5, 5.41) is 11.8. The molecule has 1 heterocycles. The second-order valence-corrected chi connectivity index (χ2v) is 5.65. The summed E-state index contributed by atoms with van der Waals surface area (Å²) >= 11 is 0. The number of aromatic nitrogens is 4. The van der Waals surface area contributed by atoms with Crippen LogP contribution in [0.3, 0.4) is 0 Å². The van der Waals surface area contributed by atoms with Crippen molar-refractivity contribution in [2.24, 2.45) is 5.41 Å². The molecule has 0 fully saturated rings. The molecule has 1 aromatic heterocycles. The smallest absolute Gasteiger partial charge is 0.241 e. The number of rotatable bonds is 1. The van der Waals surface area contributed by atoms with Gasteiger partial charge in [0.15, 0.2) is 0 Å². The zero-order chi connectivity index (χ0) is 11.9. The number of carbonyl (C=O) groups excluding carboxylic acids is 1. The first-order valence-corrected chi connectivity index (χ1v) is 4.97. The monoisotopic (exact) mass is 210 g/mol. The van der Waals surface area contributed by atoms with E-state index in [0.717, 1.165) is 0 Å². The molecular formula is C10H18N4O. The van der Waals surface area contributed by atoms with Crippen LogP contribution in [-0.2, 0) is 5.54 Å². The highest BCUT2D eigenvalue weighted by Crippen LogP contribution is 2.18.